The molecule has 1 unspecified atom stereocenters. The highest BCUT2D eigenvalue weighted by atomic mass is 19.1. The summed E-state index contributed by atoms with van der Waals surface area (Å²) in [5.74, 6) is -0.288. The molecule has 0 spiro atoms. The molecule has 7 heteroatoms. The fourth-order valence-electron chi connectivity index (χ4n) is 3.24. The number of hydrogen-bond acceptors (Lipinski definition) is 5. The average Bonchev–Trinajstić information content (AvgIpc) is 3.22. The molecule has 3 aromatic rings. The molecular formula is C21H19FN4O2. The molecule has 2 aromatic heterocycles. The van der Waals surface area contributed by atoms with Crippen molar-refractivity contribution in [3.63, 3.8) is 0 Å². The maximum Gasteiger partial charge on any atom is 0.256 e. The van der Waals surface area contributed by atoms with Gasteiger partial charge in [0.25, 0.3) is 5.91 Å². The van der Waals surface area contributed by atoms with E-state index in [2.05, 4.69) is 15.2 Å². The monoisotopic (exact) mass is 378 g/mol. The predicted molar refractivity (Wildman–Crippen MR) is 101 cm³/mol. The smallest absolute Gasteiger partial charge is 0.256 e. The van der Waals surface area contributed by atoms with Gasteiger partial charge in [0.2, 0.25) is 5.88 Å². The third kappa shape index (κ3) is 3.98. The number of carbonyl (C=O) groups excluding carboxylic acids is 1. The van der Waals surface area contributed by atoms with Gasteiger partial charge in [-0.3, -0.25) is 9.78 Å². The van der Waals surface area contributed by atoms with Crippen molar-refractivity contribution < 1.29 is 13.9 Å². The number of carbonyl (C=O) groups is 1. The largest absolute Gasteiger partial charge is 0.476 e. The van der Waals surface area contributed by atoms with Crippen LogP contribution in [0, 0.1) is 11.7 Å². The molecule has 28 heavy (non-hydrogen) atoms. The molecule has 0 saturated carbocycles. The number of ether oxygens (including phenoxy) is 1. The Labute approximate surface area is 162 Å². The molecule has 1 aliphatic rings. The molecule has 0 bridgehead atoms. The van der Waals surface area contributed by atoms with E-state index in [1.165, 1.54) is 12.3 Å². The van der Waals surface area contributed by atoms with Crippen molar-refractivity contribution in [2.45, 2.75) is 6.42 Å². The van der Waals surface area contributed by atoms with E-state index in [4.69, 9.17) is 4.74 Å². The first-order valence-electron chi connectivity index (χ1n) is 9.11. The van der Waals surface area contributed by atoms with Gasteiger partial charge in [0, 0.05) is 36.8 Å². The van der Waals surface area contributed by atoms with Crippen LogP contribution in [0.4, 0.5) is 4.39 Å². The quantitative estimate of drug-likeness (QED) is 0.682. The molecule has 3 heterocycles. The lowest BCUT2D eigenvalue weighted by Crippen LogP contribution is -2.30. The van der Waals surface area contributed by atoms with Crippen LogP contribution in [0.2, 0.25) is 0 Å². The highest BCUT2D eigenvalue weighted by Gasteiger charge is 2.28. The molecule has 6 nitrogen and oxygen atoms in total. The van der Waals surface area contributed by atoms with Crippen molar-refractivity contribution in [2.75, 3.05) is 19.7 Å². The Morgan fingerprint density at radius 3 is 2.75 bits per heavy atom. The fourth-order valence-corrected chi connectivity index (χ4v) is 3.24. The normalized spacial score (nSPS) is 16.2. The van der Waals surface area contributed by atoms with Crippen LogP contribution < -0.4 is 4.74 Å². The second-order valence-corrected chi connectivity index (χ2v) is 6.70. The summed E-state index contributed by atoms with van der Waals surface area (Å²) < 4.78 is 19.5. The van der Waals surface area contributed by atoms with E-state index < -0.39 is 5.82 Å². The lowest BCUT2D eigenvalue weighted by Gasteiger charge is -2.17. The molecule has 1 amide bonds. The van der Waals surface area contributed by atoms with E-state index in [0.29, 0.717) is 25.6 Å². The lowest BCUT2D eigenvalue weighted by atomic mass is 10.1. The van der Waals surface area contributed by atoms with Gasteiger partial charge in [-0.1, -0.05) is 30.3 Å². The van der Waals surface area contributed by atoms with Crippen LogP contribution >= 0.6 is 0 Å². The molecule has 0 aliphatic carbocycles. The Morgan fingerprint density at radius 2 is 2.00 bits per heavy atom. The Hall–Kier alpha value is -3.35. The Bertz CT molecular complexity index is 950. The molecule has 1 atom stereocenters. The standard InChI is InChI=1S/C21H19FN4O2/c22-18-12-23-10-8-17(18)21(27)26-11-9-15(13-26)14-28-20-7-6-19(24-25-20)16-4-2-1-3-5-16/h1-8,10,12,15H,9,11,13-14H2. The van der Waals surface area contributed by atoms with Crippen molar-refractivity contribution >= 4 is 5.91 Å². The van der Waals surface area contributed by atoms with Crippen molar-refractivity contribution in [2.24, 2.45) is 5.92 Å². The van der Waals surface area contributed by atoms with Crippen LogP contribution in [0.1, 0.15) is 16.8 Å². The highest BCUT2D eigenvalue weighted by Crippen LogP contribution is 2.21. The van der Waals surface area contributed by atoms with E-state index in [0.717, 1.165) is 23.9 Å². The number of hydrogen-bond donors (Lipinski definition) is 0. The van der Waals surface area contributed by atoms with Crippen molar-refractivity contribution in [1.82, 2.24) is 20.1 Å². The van der Waals surface area contributed by atoms with E-state index in [1.807, 2.05) is 36.4 Å². The summed E-state index contributed by atoms with van der Waals surface area (Å²) in [6.07, 6.45) is 3.28. The number of halogens is 1. The zero-order valence-electron chi connectivity index (χ0n) is 15.2. The minimum absolute atomic E-state index is 0.0546. The van der Waals surface area contributed by atoms with Crippen LogP contribution in [0.25, 0.3) is 11.3 Å². The first kappa shape index (κ1) is 18.0. The second-order valence-electron chi connectivity index (χ2n) is 6.70. The molecule has 1 fully saturated rings. The van der Waals surface area contributed by atoms with Crippen LogP contribution in [0.15, 0.2) is 60.9 Å². The van der Waals surface area contributed by atoms with E-state index in [1.54, 1.807) is 11.0 Å². The molecule has 4 rings (SSSR count). The summed E-state index contributed by atoms with van der Waals surface area (Å²) in [4.78, 5) is 17.8. The van der Waals surface area contributed by atoms with Crippen molar-refractivity contribution in [3.8, 4) is 17.1 Å². The third-order valence-electron chi connectivity index (χ3n) is 4.75. The van der Waals surface area contributed by atoms with E-state index >= 15 is 0 Å². The Kier molecular flexibility index (Phi) is 5.23. The lowest BCUT2D eigenvalue weighted by molar-refractivity contribution is 0.0778. The molecule has 0 radical (unpaired) electrons. The van der Waals surface area contributed by atoms with Gasteiger partial charge in [0.15, 0.2) is 5.82 Å². The van der Waals surface area contributed by atoms with E-state index in [-0.39, 0.29) is 17.4 Å². The van der Waals surface area contributed by atoms with Gasteiger partial charge in [-0.25, -0.2) is 4.39 Å². The minimum atomic E-state index is -0.596. The second kappa shape index (κ2) is 8.12. The van der Waals surface area contributed by atoms with Gasteiger partial charge in [0.05, 0.1) is 24.1 Å². The molecule has 1 aromatic carbocycles. The molecule has 0 N–H and O–H groups in total. The third-order valence-corrected chi connectivity index (χ3v) is 4.75. The topological polar surface area (TPSA) is 68.2 Å². The highest BCUT2D eigenvalue weighted by molar-refractivity contribution is 5.94. The molecular weight excluding hydrogens is 359 g/mol. The maximum absolute atomic E-state index is 13.8. The Balaban J connectivity index is 1.31. The number of rotatable bonds is 5. The number of benzene rings is 1. The maximum atomic E-state index is 13.8. The number of likely N-dealkylation sites (tertiary alicyclic amines) is 1. The average molecular weight is 378 g/mol. The van der Waals surface area contributed by atoms with Gasteiger partial charge in [-0.05, 0) is 18.6 Å². The molecule has 1 saturated heterocycles. The summed E-state index contributed by atoms with van der Waals surface area (Å²) in [7, 11) is 0. The van der Waals surface area contributed by atoms with Crippen LogP contribution in [0.5, 0.6) is 5.88 Å². The summed E-state index contributed by atoms with van der Waals surface area (Å²) in [6, 6.07) is 14.9. The van der Waals surface area contributed by atoms with E-state index in [9.17, 15) is 9.18 Å². The van der Waals surface area contributed by atoms with Crippen LogP contribution in [-0.4, -0.2) is 45.7 Å². The summed E-state index contributed by atoms with van der Waals surface area (Å²) in [6.45, 7) is 1.53. The van der Waals surface area contributed by atoms with Gasteiger partial charge < -0.3 is 9.64 Å². The molecule has 142 valence electrons. The van der Waals surface area contributed by atoms with Gasteiger partial charge in [-0.2, -0.15) is 0 Å². The number of amides is 1. The Morgan fingerprint density at radius 1 is 1.14 bits per heavy atom. The van der Waals surface area contributed by atoms with Gasteiger partial charge in [-0.15, -0.1) is 10.2 Å². The first-order chi connectivity index (χ1) is 13.7. The minimum Gasteiger partial charge on any atom is -0.476 e. The van der Waals surface area contributed by atoms with Crippen LogP contribution in [0.3, 0.4) is 0 Å². The zero-order valence-corrected chi connectivity index (χ0v) is 15.2. The predicted octanol–water partition coefficient (Wildman–Crippen LogP) is 3.22. The summed E-state index contributed by atoms with van der Waals surface area (Å²) in [5.41, 5.74) is 1.83. The van der Waals surface area contributed by atoms with Gasteiger partial charge >= 0.3 is 0 Å². The summed E-state index contributed by atoms with van der Waals surface area (Å²) in [5, 5.41) is 8.32. The van der Waals surface area contributed by atoms with Crippen molar-refractivity contribution in [3.05, 3.63) is 72.3 Å². The number of nitrogens with zero attached hydrogens (tertiary/aromatic N) is 4. The fraction of sp³-hybridized carbons (Fsp3) is 0.238. The van der Waals surface area contributed by atoms with Gasteiger partial charge in [0.1, 0.15) is 0 Å². The molecule has 1 aliphatic heterocycles. The first-order valence-corrected chi connectivity index (χ1v) is 9.11. The summed E-state index contributed by atoms with van der Waals surface area (Å²) >= 11 is 0. The SMILES string of the molecule is O=C(c1ccncc1F)N1CCC(COc2ccc(-c3ccccc3)nn2)C1. The van der Waals surface area contributed by atoms with Crippen molar-refractivity contribution in [1.29, 1.82) is 0 Å². The number of aromatic nitrogens is 3. The number of pyridine rings is 1. The zero-order chi connectivity index (χ0) is 19.3. The van der Waals surface area contributed by atoms with Crippen LogP contribution in [-0.2, 0) is 0 Å².